The second-order valence-electron chi connectivity index (χ2n) is 3.95. The van der Waals surface area contributed by atoms with Crippen LogP contribution in [0.1, 0.15) is 11.5 Å². The molecule has 2 unspecified atom stereocenters. The Morgan fingerprint density at radius 2 is 2.12 bits per heavy atom. The molecule has 0 aromatic heterocycles. The molecule has 1 aliphatic heterocycles. The van der Waals surface area contributed by atoms with Crippen LogP contribution in [0, 0.1) is 5.92 Å². The summed E-state index contributed by atoms with van der Waals surface area (Å²) >= 11 is 0. The van der Waals surface area contributed by atoms with Crippen LogP contribution in [0.15, 0.2) is 24.3 Å². The third-order valence-corrected chi connectivity index (χ3v) is 3.11. The molecule has 1 aliphatic rings. The van der Waals surface area contributed by atoms with Crippen molar-refractivity contribution in [2.75, 3.05) is 26.8 Å². The fourth-order valence-corrected chi connectivity index (χ4v) is 2.26. The van der Waals surface area contributed by atoms with Gasteiger partial charge < -0.3 is 15.2 Å². The van der Waals surface area contributed by atoms with E-state index >= 15 is 0 Å². The summed E-state index contributed by atoms with van der Waals surface area (Å²) in [5.41, 5.74) is 1.20. The number of benzene rings is 1. The summed E-state index contributed by atoms with van der Waals surface area (Å²) in [6.07, 6.45) is 0. The fraction of sp³-hybridized carbons (Fsp3) is 0.500. The average Bonchev–Trinajstić information content (AvgIpc) is 2.76. The van der Waals surface area contributed by atoms with Gasteiger partial charge in [-0.15, -0.1) is 12.4 Å². The predicted octanol–water partition coefficient (Wildman–Crippen LogP) is 1.41. The van der Waals surface area contributed by atoms with Gasteiger partial charge in [0.25, 0.3) is 0 Å². The van der Waals surface area contributed by atoms with Crippen molar-refractivity contribution in [2.45, 2.75) is 5.92 Å². The molecule has 0 radical (unpaired) electrons. The second kappa shape index (κ2) is 6.09. The van der Waals surface area contributed by atoms with E-state index in [1.807, 2.05) is 18.2 Å². The summed E-state index contributed by atoms with van der Waals surface area (Å²) in [5.74, 6) is 1.59. The normalized spacial score (nSPS) is 23.9. The van der Waals surface area contributed by atoms with Crippen molar-refractivity contribution in [1.82, 2.24) is 5.32 Å². The Bertz CT molecular complexity index is 333. The quantitative estimate of drug-likeness (QED) is 0.844. The number of aliphatic hydroxyl groups excluding tert-OH is 1. The molecule has 2 rings (SSSR count). The van der Waals surface area contributed by atoms with E-state index in [0.29, 0.717) is 11.8 Å². The van der Waals surface area contributed by atoms with Gasteiger partial charge in [-0.2, -0.15) is 0 Å². The van der Waals surface area contributed by atoms with Crippen molar-refractivity contribution >= 4 is 12.4 Å². The zero-order chi connectivity index (χ0) is 10.7. The van der Waals surface area contributed by atoms with Gasteiger partial charge in [-0.1, -0.05) is 18.2 Å². The molecule has 1 heterocycles. The Hall–Kier alpha value is -0.770. The lowest BCUT2D eigenvalue weighted by molar-refractivity contribution is 0.225. The van der Waals surface area contributed by atoms with E-state index < -0.39 is 0 Å². The van der Waals surface area contributed by atoms with E-state index in [9.17, 15) is 5.11 Å². The van der Waals surface area contributed by atoms with Crippen molar-refractivity contribution in [2.24, 2.45) is 5.92 Å². The van der Waals surface area contributed by atoms with Gasteiger partial charge in [0.05, 0.1) is 7.11 Å². The molecule has 0 spiro atoms. The first kappa shape index (κ1) is 13.3. The van der Waals surface area contributed by atoms with Gasteiger partial charge >= 0.3 is 0 Å². The molecule has 90 valence electrons. The molecule has 0 aliphatic carbocycles. The molecule has 0 saturated carbocycles. The number of aliphatic hydroxyl groups is 1. The van der Waals surface area contributed by atoms with Gasteiger partial charge in [0.1, 0.15) is 5.75 Å². The van der Waals surface area contributed by atoms with Crippen LogP contribution in [0.4, 0.5) is 0 Å². The molecule has 1 aromatic carbocycles. The van der Waals surface area contributed by atoms with Crippen molar-refractivity contribution in [3.63, 3.8) is 0 Å². The minimum atomic E-state index is 0. The highest BCUT2D eigenvalue weighted by atomic mass is 35.5. The zero-order valence-electron chi connectivity index (χ0n) is 9.35. The van der Waals surface area contributed by atoms with E-state index in [0.717, 1.165) is 18.8 Å². The number of ether oxygens (including phenoxy) is 1. The summed E-state index contributed by atoms with van der Waals surface area (Å²) < 4.78 is 5.34. The van der Waals surface area contributed by atoms with Gasteiger partial charge in [0, 0.05) is 31.5 Å². The van der Waals surface area contributed by atoms with E-state index in [1.54, 1.807) is 7.11 Å². The lowest BCUT2D eigenvalue weighted by Crippen LogP contribution is -2.15. The fourth-order valence-electron chi connectivity index (χ4n) is 2.26. The number of rotatable bonds is 3. The molecule has 3 nitrogen and oxygen atoms in total. The van der Waals surface area contributed by atoms with Crippen LogP contribution in [0.25, 0.3) is 0 Å². The van der Waals surface area contributed by atoms with Crippen molar-refractivity contribution in [3.8, 4) is 5.75 Å². The Kier molecular flexibility index (Phi) is 5.06. The number of hydrogen-bond acceptors (Lipinski definition) is 3. The summed E-state index contributed by atoms with van der Waals surface area (Å²) in [6, 6.07) is 8.05. The van der Waals surface area contributed by atoms with Crippen LogP contribution < -0.4 is 10.1 Å². The summed E-state index contributed by atoms with van der Waals surface area (Å²) in [7, 11) is 1.69. The Balaban J connectivity index is 0.00000128. The molecule has 1 saturated heterocycles. The molecular weight excluding hydrogens is 226 g/mol. The van der Waals surface area contributed by atoms with Gasteiger partial charge in [0.2, 0.25) is 0 Å². The standard InChI is InChI=1S/C12H17NO2.ClH/c1-15-12-5-3-2-4-10(12)11-7-13-6-9(11)8-14;/h2-5,9,11,13-14H,6-8H2,1H3;1H. The molecule has 1 fully saturated rings. The predicted molar refractivity (Wildman–Crippen MR) is 66.4 cm³/mol. The topological polar surface area (TPSA) is 41.5 Å². The minimum Gasteiger partial charge on any atom is -0.496 e. The first-order valence-electron chi connectivity index (χ1n) is 5.31. The molecule has 4 heteroatoms. The molecule has 16 heavy (non-hydrogen) atoms. The highest BCUT2D eigenvalue weighted by molar-refractivity contribution is 5.85. The third kappa shape index (κ3) is 2.48. The maximum atomic E-state index is 9.28. The van der Waals surface area contributed by atoms with Gasteiger partial charge in [-0.3, -0.25) is 0 Å². The Morgan fingerprint density at radius 3 is 2.81 bits per heavy atom. The molecule has 1 aromatic rings. The maximum Gasteiger partial charge on any atom is 0.122 e. The Morgan fingerprint density at radius 1 is 1.38 bits per heavy atom. The van der Waals surface area contributed by atoms with Crippen LogP contribution in [0.3, 0.4) is 0 Å². The largest absolute Gasteiger partial charge is 0.496 e. The van der Waals surface area contributed by atoms with Crippen LogP contribution in [0.2, 0.25) is 0 Å². The monoisotopic (exact) mass is 243 g/mol. The Labute approximate surface area is 102 Å². The second-order valence-corrected chi connectivity index (χ2v) is 3.95. The highest BCUT2D eigenvalue weighted by Gasteiger charge is 2.29. The SMILES string of the molecule is COc1ccccc1C1CNCC1CO.Cl. The number of para-hydroxylation sites is 1. The average molecular weight is 244 g/mol. The van der Waals surface area contributed by atoms with Crippen LogP contribution in [0.5, 0.6) is 5.75 Å². The van der Waals surface area contributed by atoms with E-state index in [-0.39, 0.29) is 19.0 Å². The van der Waals surface area contributed by atoms with E-state index in [2.05, 4.69) is 11.4 Å². The highest BCUT2D eigenvalue weighted by Crippen LogP contribution is 2.33. The molecule has 2 N–H and O–H groups in total. The van der Waals surface area contributed by atoms with Gasteiger partial charge in [-0.05, 0) is 11.6 Å². The zero-order valence-corrected chi connectivity index (χ0v) is 10.2. The van der Waals surface area contributed by atoms with Crippen molar-refractivity contribution in [1.29, 1.82) is 0 Å². The lowest BCUT2D eigenvalue weighted by Gasteiger charge is -2.19. The summed E-state index contributed by atoms with van der Waals surface area (Å²) in [5, 5.41) is 12.6. The number of hydrogen-bond donors (Lipinski definition) is 2. The van der Waals surface area contributed by atoms with Crippen molar-refractivity contribution in [3.05, 3.63) is 29.8 Å². The summed E-state index contributed by atoms with van der Waals surface area (Å²) in [6.45, 7) is 2.04. The maximum absolute atomic E-state index is 9.28. The van der Waals surface area contributed by atoms with Gasteiger partial charge in [-0.25, -0.2) is 0 Å². The van der Waals surface area contributed by atoms with E-state index in [1.165, 1.54) is 5.56 Å². The van der Waals surface area contributed by atoms with Crippen LogP contribution in [-0.4, -0.2) is 31.9 Å². The van der Waals surface area contributed by atoms with Crippen molar-refractivity contribution < 1.29 is 9.84 Å². The number of halogens is 1. The first-order valence-corrected chi connectivity index (χ1v) is 5.31. The molecular formula is C12H18ClNO2. The van der Waals surface area contributed by atoms with E-state index in [4.69, 9.17) is 4.74 Å². The third-order valence-electron chi connectivity index (χ3n) is 3.11. The molecule has 2 atom stereocenters. The smallest absolute Gasteiger partial charge is 0.122 e. The minimum absolute atomic E-state index is 0. The lowest BCUT2D eigenvalue weighted by atomic mass is 9.89. The first-order chi connectivity index (χ1) is 7.36. The number of methoxy groups -OCH3 is 1. The van der Waals surface area contributed by atoms with Crippen LogP contribution >= 0.6 is 12.4 Å². The molecule has 0 bridgehead atoms. The molecule has 0 amide bonds. The van der Waals surface area contributed by atoms with Crippen LogP contribution in [-0.2, 0) is 0 Å². The number of nitrogens with one attached hydrogen (secondary N) is 1. The van der Waals surface area contributed by atoms with Gasteiger partial charge in [0.15, 0.2) is 0 Å². The summed E-state index contributed by atoms with van der Waals surface area (Å²) in [4.78, 5) is 0.